The number of nitrogens with zero attached hydrogens (tertiary/aromatic N) is 1. The maximum absolute atomic E-state index is 6.26. The predicted molar refractivity (Wildman–Crippen MR) is 84.2 cm³/mol. The average molecular weight is 295 g/mol. The topological polar surface area (TPSA) is 12.5 Å². The zero-order valence-electron chi connectivity index (χ0n) is 11.8. The van der Waals surface area contributed by atoms with Gasteiger partial charge < -0.3 is 9.64 Å². The summed E-state index contributed by atoms with van der Waals surface area (Å²) in [5.74, 6) is 0. The van der Waals surface area contributed by atoms with Gasteiger partial charge in [0.1, 0.15) is 5.60 Å². The van der Waals surface area contributed by atoms with Crippen LogP contribution in [0.15, 0.2) is 33.7 Å². The lowest BCUT2D eigenvalue weighted by atomic mass is 9.92. The minimum atomic E-state index is -0.313. The molecule has 0 atom stereocenters. The second kappa shape index (κ2) is 6.66. The summed E-state index contributed by atoms with van der Waals surface area (Å²) in [5, 5.41) is 8.60. The van der Waals surface area contributed by atoms with E-state index in [9.17, 15) is 0 Å². The van der Waals surface area contributed by atoms with Gasteiger partial charge in [0.25, 0.3) is 0 Å². The van der Waals surface area contributed by atoms with E-state index in [1.807, 2.05) is 0 Å². The molecule has 0 aliphatic rings. The Labute approximate surface area is 123 Å². The van der Waals surface area contributed by atoms with Crippen LogP contribution in [0.25, 0.3) is 0 Å². The van der Waals surface area contributed by atoms with E-state index in [-0.39, 0.29) is 5.60 Å². The molecule has 0 spiro atoms. The van der Waals surface area contributed by atoms with E-state index in [1.54, 1.807) is 22.7 Å². The van der Waals surface area contributed by atoms with Crippen LogP contribution in [0.3, 0.4) is 0 Å². The Bertz CT molecular complexity index is 428. The van der Waals surface area contributed by atoms with Crippen molar-refractivity contribution in [1.82, 2.24) is 4.90 Å². The molecule has 104 valence electrons. The van der Waals surface area contributed by atoms with Gasteiger partial charge in [-0.15, -0.1) is 0 Å². The molecule has 2 aromatic heterocycles. The van der Waals surface area contributed by atoms with E-state index in [4.69, 9.17) is 4.74 Å². The van der Waals surface area contributed by atoms with E-state index in [2.05, 4.69) is 59.6 Å². The molecule has 0 bridgehead atoms. The Morgan fingerprint density at radius 1 is 1.11 bits per heavy atom. The monoisotopic (exact) mass is 295 g/mol. The SMILES string of the molecule is CN(C)CCCOC(C)(c1ccsc1)c1ccsc1. The minimum Gasteiger partial charge on any atom is -0.366 e. The van der Waals surface area contributed by atoms with Crippen molar-refractivity contribution in [2.24, 2.45) is 0 Å². The van der Waals surface area contributed by atoms with Crippen molar-refractivity contribution in [2.45, 2.75) is 18.9 Å². The third kappa shape index (κ3) is 3.66. The molecule has 0 saturated carbocycles. The Morgan fingerprint density at radius 3 is 2.11 bits per heavy atom. The van der Waals surface area contributed by atoms with Crippen LogP contribution in [0.1, 0.15) is 24.5 Å². The maximum atomic E-state index is 6.26. The summed E-state index contributed by atoms with van der Waals surface area (Å²) in [4.78, 5) is 2.19. The van der Waals surface area contributed by atoms with E-state index in [0.29, 0.717) is 0 Å². The summed E-state index contributed by atoms with van der Waals surface area (Å²) < 4.78 is 6.26. The molecule has 4 heteroatoms. The number of ether oxygens (including phenoxy) is 1. The molecule has 0 aromatic carbocycles. The molecule has 0 fully saturated rings. The molecule has 0 aliphatic carbocycles. The lowest BCUT2D eigenvalue weighted by molar-refractivity contribution is -0.00657. The van der Waals surface area contributed by atoms with Crippen LogP contribution < -0.4 is 0 Å². The zero-order valence-corrected chi connectivity index (χ0v) is 13.4. The van der Waals surface area contributed by atoms with Crippen molar-refractivity contribution >= 4 is 22.7 Å². The van der Waals surface area contributed by atoms with Gasteiger partial charge in [0.15, 0.2) is 0 Å². The first-order valence-electron chi connectivity index (χ1n) is 6.47. The summed E-state index contributed by atoms with van der Waals surface area (Å²) in [5.41, 5.74) is 2.19. The normalized spacial score (nSPS) is 12.2. The van der Waals surface area contributed by atoms with Gasteiger partial charge in [-0.05, 0) is 78.8 Å². The molecule has 2 nitrogen and oxygen atoms in total. The maximum Gasteiger partial charge on any atom is 0.117 e. The molecule has 0 N–H and O–H groups in total. The summed E-state index contributed by atoms with van der Waals surface area (Å²) in [6.45, 7) is 4.01. The lowest BCUT2D eigenvalue weighted by Gasteiger charge is -2.29. The van der Waals surface area contributed by atoms with Gasteiger partial charge >= 0.3 is 0 Å². The van der Waals surface area contributed by atoms with Gasteiger partial charge in [0, 0.05) is 6.61 Å². The van der Waals surface area contributed by atoms with Crippen LogP contribution in [0.4, 0.5) is 0 Å². The van der Waals surface area contributed by atoms with E-state index in [1.165, 1.54) is 11.1 Å². The lowest BCUT2D eigenvalue weighted by Crippen LogP contribution is -2.28. The van der Waals surface area contributed by atoms with Crippen LogP contribution >= 0.6 is 22.7 Å². The first-order chi connectivity index (χ1) is 9.13. The number of hydrogen-bond donors (Lipinski definition) is 0. The molecule has 0 amide bonds. The molecule has 19 heavy (non-hydrogen) atoms. The van der Waals surface area contributed by atoms with Crippen molar-refractivity contribution < 1.29 is 4.74 Å². The fourth-order valence-corrected chi connectivity index (χ4v) is 3.57. The molecule has 2 rings (SSSR count). The zero-order chi connectivity index (χ0) is 13.7. The van der Waals surface area contributed by atoms with Gasteiger partial charge in [-0.1, -0.05) is 0 Å². The van der Waals surface area contributed by atoms with Crippen molar-refractivity contribution in [2.75, 3.05) is 27.2 Å². The fourth-order valence-electron chi connectivity index (χ4n) is 2.06. The Hall–Kier alpha value is -0.680. The highest BCUT2D eigenvalue weighted by molar-refractivity contribution is 7.08. The Balaban J connectivity index is 2.08. The molecular formula is C15H21NOS2. The number of thiophene rings is 2. The van der Waals surface area contributed by atoms with E-state index < -0.39 is 0 Å². The molecule has 0 aliphatic heterocycles. The predicted octanol–water partition coefficient (Wildman–Crippen LogP) is 4.04. The van der Waals surface area contributed by atoms with Gasteiger partial charge in [-0.2, -0.15) is 22.7 Å². The van der Waals surface area contributed by atoms with Gasteiger partial charge in [0.05, 0.1) is 0 Å². The summed E-state index contributed by atoms with van der Waals surface area (Å²) in [6.07, 6.45) is 1.05. The van der Waals surface area contributed by atoms with Crippen molar-refractivity contribution in [1.29, 1.82) is 0 Å². The van der Waals surface area contributed by atoms with Crippen LogP contribution in [0.2, 0.25) is 0 Å². The van der Waals surface area contributed by atoms with Crippen LogP contribution in [-0.4, -0.2) is 32.1 Å². The molecular weight excluding hydrogens is 274 g/mol. The molecule has 0 radical (unpaired) electrons. The van der Waals surface area contributed by atoms with E-state index in [0.717, 1.165) is 19.6 Å². The average Bonchev–Trinajstić information content (AvgIpc) is 3.05. The standard InChI is InChI=1S/C15H21NOS2/c1-15(13-5-9-18-11-13,14-6-10-19-12-14)17-8-4-7-16(2)3/h5-6,9-12H,4,7-8H2,1-3H3. The second-order valence-electron chi connectivity index (χ2n) is 5.06. The largest absolute Gasteiger partial charge is 0.366 e. The highest BCUT2D eigenvalue weighted by atomic mass is 32.1. The molecule has 2 aromatic rings. The Morgan fingerprint density at radius 2 is 1.68 bits per heavy atom. The first-order valence-corrected chi connectivity index (χ1v) is 8.35. The first kappa shape index (κ1) is 14.7. The van der Waals surface area contributed by atoms with Gasteiger partial charge in [-0.25, -0.2) is 0 Å². The summed E-state index contributed by atoms with van der Waals surface area (Å²) in [7, 11) is 4.19. The minimum absolute atomic E-state index is 0.313. The third-order valence-electron chi connectivity index (χ3n) is 3.28. The summed E-state index contributed by atoms with van der Waals surface area (Å²) >= 11 is 3.45. The molecule has 2 heterocycles. The Kier molecular flexibility index (Phi) is 5.16. The number of hydrogen-bond acceptors (Lipinski definition) is 4. The fraction of sp³-hybridized carbons (Fsp3) is 0.467. The number of rotatable bonds is 7. The molecule has 0 saturated heterocycles. The summed E-state index contributed by atoms with van der Waals surface area (Å²) in [6, 6.07) is 4.32. The van der Waals surface area contributed by atoms with Gasteiger partial charge in [-0.3, -0.25) is 0 Å². The second-order valence-corrected chi connectivity index (χ2v) is 6.62. The quantitative estimate of drug-likeness (QED) is 0.715. The van der Waals surface area contributed by atoms with Crippen molar-refractivity contribution in [3.63, 3.8) is 0 Å². The smallest absolute Gasteiger partial charge is 0.117 e. The highest BCUT2D eigenvalue weighted by Crippen LogP contribution is 2.35. The van der Waals surface area contributed by atoms with Crippen LogP contribution in [0.5, 0.6) is 0 Å². The van der Waals surface area contributed by atoms with Crippen LogP contribution in [-0.2, 0) is 10.3 Å². The van der Waals surface area contributed by atoms with Gasteiger partial charge in [0.2, 0.25) is 0 Å². The van der Waals surface area contributed by atoms with E-state index >= 15 is 0 Å². The molecule has 0 unspecified atom stereocenters. The highest BCUT2D eigenvalue weighted by Gasteiger charge is 2.30. The van der Waals surface area contributed by atoms with Crippen molar-refractivity contribution in [3.05, 3.63) is 44.8 Å². The third-order valence-corrected chi connectivity index (χ3v) is 4.65. The van der Waals surface area contributed by atoms with Crippen molar-refractivity contribution in [3.8, 4) is 0 Å². The van der Waals surface area contributed by atoms with Crippen LogP contribution in [0, 0.1) is 0 Å².